The lowest BCUT2D eigenvalue weighted by atomic mass is 10.2. The van der Waals surface area contributed by atoms with E-state index in [2.05, 4.69) is 41.8 Å². The Morgan fingerprint density at radius 3 is 2.50 bits per heavy atom. The first-order valence-corrected chi connectivity index (χ1v) is 7.77. The standard InChI is InChI=1S/C13H9Br2ClF2N2/c1-2-3-8-10(15)12(16)20-13(19-8)6-4-5-7(17)11(18)9(6)14/h4-5H,2-3H2,1H3. The lowest BCUT2D eigenvalue weighted by Gasteiger charge is -2.09. The lowest BCUT2D eigenvalue weighted by molar-refractivity contribution is 0.504. The minimum Gasteiger partial charge on any atom is -0.232 e. The number of aryl methyl sites for hydroxylation is 1. The van der Waals surface area contributed by atoms with E-state index in [1.54, 1.807) is 0 Å². The largest absolute Gasteiger partial charge is 0.232 e. The van der Waals surface area contributed by atoms with Crippen LogP contribution in [0.3, 0.4) is 0 Å². The fourth-order valence-electron chi connectivity index (χ4n) is 1.68. The predicted octanol–water partition coefficient (Wildman–Crippen LogP) is 5.55. The first-order chi connectivity index (χ1) is 9.45. The number of nitrogens with zero attached hydrogens (tertiary/aromatic N) is 2. The average molecular weight is 426 g/mol. The van der Waals surface area contributed by atoms with Crippen LogP contribution in [-0.4, -0.2) is 9.97 Å². The summed E-state index contributed by atoms with van der Waals surface area (Å²) in [5, 5.41) is 0.245. The molecule has 2 nitrogen and oxygen atoms in total. The van der Waals surface area contributed by atoms with Gasteiger partial charge in [0, 0.05) is 5.56 Å². The molecule has 0 aliphatic heterocycles. The zero-order chi connectivity index (χ0) is 14.9. The van der Waals surface area contributed by atoms with Gasteiger partial charge in [-0.3, -0.25) is 0 Å². The fraction of sp³-hybridized carbons (Fsp3) is 0.231. The van der Waals surface area contributed by atoms with Crippen molar-refractivity contribution >= 4 is 43.5 Å². The number of hydrogen-bond acceptors (Lipinski definition) is 2. The second-order valence-electron chi connectivity index (χ2n) is 4.07. The predicted molar refractivity (Wildman–Crippen MR) is 81.8 cm³/mol. The molecule has 0 fully saturated rings. The van der Waals surface area contributed by atoms with Gasteiger partial charge in [0.25, 0.3) is 0 Å². The van der Waals surface area contributed by atoms with Crippen molar-refractivity contribution in [3.05, 3.63) is 43.6 Å². The minimum absolute atomic E-state index is 0.0154. The molecule has 106 valence electrons. The third-order valence-electron chi connectivity index (χ3n) is 2.64. The molecule has 0 N–H and O–H groups in total. The molecule has 1 aromatic carbocycles. The van der Waals surface area contributed by atoms with Crippen LogP contribution in [0.2, 0.25) is 5.15 Å². The van der Waals surface area contributed by atoms with Crippen molar-refractivity contribution < 1.29 is 8.78 Å². The average Bonchev–Trinajstić information content (AvgIpc) is 2.41. The van der Waals surface area contributed by atoms with E-state index in [-0.39, 0.29) is 15.5 Å². The molecule has 7 heteroatoms. The molecule has 0 unspecified atom stereocenters. The Labute approximate surface area is 136 Å². The highest BCUT2D eigenvalue weighted by atomic mass is 79.9. The maximum atomic E-state index is 13.6. The summed E-state index contributed by atoms with van der Waals surface area (Å²) in [5.41, 5.74) is 1.09. The molecule has 1 aromatic heterocycles. The highest BCUT2D eigenvalue weighted by Gasteiger charge is 2.17. The molecule has 0 atom stereocenters. The van der Waals surface area contributed by atoms with Gasteiger partial charge in [0.15, 0.2) is 17.5 Å². The van der Waals surface area contributed by atoms with Gasteiger partial charge in [0.1, 0.15) is 5.15 Å². The van der Waals surface area contributed by atoms with Gasteiger partial charge in [-0.05, 0) is 50.4 Å². The molecule has 1 heterocycles. The molecular weight excluding hydrogens is 417 g/mol. The summed E-state index contributed by atoms with van der Waals surface area (Å²) in [6, 6.07) is 2.45. The monoisotopic (exact) mass is 424 g/mol. The van der Waals surface area contributed by atoms with Crippen LogP contribution < -0.4 is 0 Å². The van der Waals surface area contributed by atoms with Crippen LogP contribution in [0.4, 0.5) is 8.78 Å². The number of halogens is 5. The molecule has 0 radical (unpaired) electrons. The van der Waals surface area contributed by atoms with E-state index in [1.165, 1.54) is 6.07 Å². The van der Waals surface area contributed by atoms with Gasteiger partial charge in [0.05, 0.1) is 14.6 Å². The van der Waals surface area contributed by atoms with E-state index in [0.29, 0.717) is 16.5 Å². The van der Waals surface area contributed by atoms with E-state index in [4.69, 9.17) is 11.6 Å². The van der Waals surface area contributed by atoms with E-state index in [1.807, 2.05) is 6.92 Å². The van der Waals surface area contributed by atoms with Crippen LogP contribution >= 0.6 is 43.5 Å². The van der Waals surface area contributed by atoms with E-state index in [9.17, 15) is 8.78 Å². The summed E-state index contributed by atoms with van der Waals surface area (Å²) in [6.45, 7) is 2.01. The molecule has 0 aliphatic carbocycles. The Hall–Kier alpha value is -0.590. The molecule has 0 saturated heterocycles. The van der Waals surface area contributed by atoms with Crippen LogP contribution in [0.15, 0.2) is 21.1 Å². The van der Waals surface area contributed by atoms with E-state index < -0.39 is 11.6 Å². The SMILES string of the molecule is CCCc1nc(-c2ccc(F)c(F)c2Br)nc(Cl)c1Br. The summed E-state index contributed by atoms with van der Waals surface area (Å²) in [4.78, 5) is 8.47. The Balaban J connectivity index is 2.61. The van der Waals surface area contributed by atoms with Crippen molar-refractivity contribution in [3.63, 3.8) is 0 Å². The summed E-state index contributed by atoms with van der Waals surface area (Å²) in [6.07, 6.45) is 1.58. The molecule has 0 saturated carbocycles. The molecule has 0 spiro atoms. The third kappa shape index (κ3) is 3.02. The quantitative estimate of drug-likeness (QED) is 0.475. The van der Waals surface area contributed by atoms with E-state index in [0.717, 1.165) is 18.2 Å². The van der Waals surface area contributed by atoms with Crippen LogP contribution in [0.5, 0.6) is 0 Å². The van der Waals surface area contributed by atoms with Crippen LogP contribution in [0, 0.1) is 11.6 Å². The summed E-state index contributed by atoms with van der Waals surface area (Å²) >= 11 is 12.4. The number of aromatic nitrogens is 2. The Morgan fingerprint density at radius 2 is 1.85 bits per heavy atom. The molecule has 0 aliphatic rings. The van der Waals surface area contributed by atoms with Gasteiger partial charge in [-0.15, -0.1) is 0 Å². The van der Waals surface area contributed by atoms with Crippen molar-refractivity contribution in [2.75, 3.05) is 0 Å². The molecule has 20 heavy (non-hydrogen) atoms. The maximum absolute atomic E-state index is 13.6. The maximum Gasteiger partial charge on any atom is 0.173 e. The van der Waals surface area contributed by atoms with Crippen molar-refractivity contribution in [2.45, 2.75) is 19.8 Å². The molecule has 0 bridgehead atoms. The number of hydrogen-bond donors (Lipinski definition) is 0. The van der Waals surface area contributed by atoms with Crippen LogP contribution in [-0.2, 0) is 6.42 Å². The summed E-state index contributed by atoms with van der Waals surface area (Å²) in [7, 11) is 0. The van der Waals surface area contributed by atoms with Crippen molar-refractivity contribution in [3.8, 4) is 11.4 Å². The van der Waals surface area contributed by atoms with Crippen LogP contribution in [0.25, 0.3) is 11.4 Å². The Morgan fingerprint density at radius 1 is 1.15 bits per heavy atom. The lowest BCUT2D eigenvalue weighted by Crippen LogP contribution is -2.00. The highest BCUT2D eigenvalue weighted by molar-refractivity contribution is 9.11. The van der Waals surface area contributed by atoms with Gasteiger partial charge < -0.3 is 0 Å². The third-order valence-corrected chi connectivity index (χ3v) is 4.75. The number of rotatable bonds is 3. The summed E-state index contributed by atoms with van der Waals surface area (Å²) in [5.74, 6) is -1.65. The highest BCUT2D eigenvalue weighted by Crippen LogP contribution is 2.33. The van der Waals surface area contributed by atoms with Crippen molar-refractivity contribution in [2.24, 2.45) is 0 Å². The second-order valence-corrected chi connectivity index (χ2v) is 6.02. The fourth-order valence-corrected chi connectivity index (χ4v) is 2.75. The van der Waals surface area contributed by atoms with Crippen molar-refractivity contribution in [1.82, 2.24) is 9.97 Å². The Bertz CT molecular complexity index is 665. The van der Waals surface area contributed by atoms with E-state index >= 15 is 0 Å². The second kappa shape index (κ2) is 6.45. The molecule has 0 amide bonds. The molecule has 2 rings (SSSR count). The zero-order valence-electron chi connectivity index (χ0n) is 10.4. The zero-order valence-corrected chi connectivity index (χ0v) is 14.3. The Kier molecular flexibility index (Phi) is 5.09. The van der Waals surface area contributed by atoms with Gasteiger partial charge in [-0.25, -0.2) is 18.7 Å². The normalized spacial score (nSPS) is 10.9. The summed E-state index contributed by atoms with van der Waals surface area (Å²) < 4.78 is 27.3. The number of benzene rings is 1. The first-order valence-electron chi connectivity index (χ1n) is 5.81. The first kappa shape index (κ1) is 15.8. The molecular formula is C13H9Br2ClF2N2. The smallest absolute Gasteiger partial charge is 0.173 e. The van der Waals surface area contributed by atoms with Gasteiger partial charge in [-0.1, -0.05) is 24.9 Å². The van der Waals surface area contributed by atoms with Gasteiger partial charge in [0.2, 0.25) is 0 Å². The van der Waals surface area contributed by atoms with Crippen molar-refractivity contribution in [1.29, 1.82) is 0 Å². The topological polar surface area (TPSA) is 25.8 Å². The minimum atomic E-state index is -0.970. The molecule has 2 aromatic rings. The van der Waals surface area contributed by atoms with Gasteiger partial charge in [-0.2, -0.15) is 0 Å². The van der Waals surface area contributed by atoms with Crippen LogP contribution in [0.1, 0.15) is 19.0 Å². The van der Waals surface area contributed by atoms with Gasteiger partial charge >= 0.3 is 0 Å².